The van der Waals surface area contributed by atoms with Crippen LogP contribution < -0.4 is 0 Å². The van der Waals surface area contributed by atoms with Gasteiger partial charge in [-0.05, 0) is 20.8 Å². The van der Waals surface area contributed by atoms with Gasteiger partial charge in [0, 0.05) is 18.7 Å². The number of hydrogen-bond acceptors (Lipinski definition) is 2. The molecule has 0 radical (unpaired) electrons. The molecule has 0 aromatic carbocycles. The van der Waals surface area contributed by atoms with Crippen molar-refractivity contribution in [2.45, 2.75) is 6.42 Å². The van der Waals surface area contributed by atoms with Crippen LogP contribution in [-0.4, -0.2) is 32.3 Å². The molecule has 0 rings (SSSR count). The average Bonchev–Trinajstić information content (AvgIpc) is 1.83. The van der Waals surface area contributed by atoms with E-state index in [1.165, 1.54) is 0 Å². The highest BCUT2D eigenvalue weighted by Gasteiger charge is 1.90. The normalized spacial score (nSPS) is 9.67. The molecule has 0 fully saturated rings. The highest BCUT2D eigenvalue weighted by molar-refractivity contribution is 5.27. The summed E-state index contributed by atoms with van der Waals surface area (Å²) in [6, 6.07) is 0. The first-order valence-electron chi connectivity index (χ1n) is 2.96. The second-order valence-corrected chi connectivity index (χ2v) is 2.28. The van der Waals surface area contributed by atoms with Crippen molar-refractivity contribution in [2.24, 2.45) is 4.99 Å². The summed E-state index contributed by atoms with van der Waals surface area (Å²) in [6.45, 7) is 8.06. The lowest BCUT2D eigenvalue weighted by molar-refractivity contribution is 0.413. The Morgan fingerprint density at radius 3 is 2.44 bits per heavy atom. The van der Waals surface area contributed by atoms with Gasteiger partial charge in [0.25, 0.3) is 0 Å². The van der Waals surface area contributed by atoms with Gasteiger partial charge < -0.3 is 4.90 Å². The maximum atomic E-state index is 3.69. The molecular formula is C7H14N2. The van der Waals surface area contributed by atoms with Crippen LogP contribution in [0.4, 0.5) is 0 Å². The highest BCUT2D eigenvalue weighted by atomic mass is 15.0. The molecule has 0 aliphatic rings. The molecular weight excluding hydrogens is 112 g/mol. The van der Waals surface area contributed by atoms with Crippen molar-refractivity contribution >= 4 is 6.72 Å². The molecule has 0 spiro atoms. The first-order chi connectivity index (χ1) is 4.16. The van der Waals surface area contributed by atoms with Gasteiger partial charge in [0.15, 0.2) is 0 Å². The Morgan fingerprint density at radius 1 is 1.56 bits per heavy atom. The van der Waals surface area contributed by atoms with Crippen LogP contribution in [0.25, 0.3) is 0 Å². The van der Waals surface area contributed by atoms with Crippen molar-refractivity contribution in [2.75, 3.05) is 20.6 Å². The summed E-state index contributed by atoms with van der Waals surface area (Å²) in [7, 11) is 4.05. The minimum atomic E-state index is 0.865. The minimum Gasteiger partial charge on any atom is -0.309 e. The molecule has 52 valence electrons. The van der Waals surface area contributed by atoms with Gasteiger partial charge >= 0.3 is 0 Å². The SMILES string of the molecule is C=NC(=C)CCN(C)C. The third-order valence-corrected chi connectivity index (χ3v) is 1.07. The van der Waals surface area contributed by atoms with Crippen LogP contribution in [-0.2, 0) is 0 Å². The summed E-state index contributed by atoms with van der Waals surface area (Å²) in [5, 5.41) is 0. The van der Waals surface area contributed by atoms with Crippen LogP contribution >= 0.6 is 0 Å². The Labute approximate surface area is 56.9 Å². The molecule has 0 aromatic heterocycles. The zero-order valence-corrected chi connectivity index (χ0v) is 6.22. The van der Waals surface area contributed by atoms with Crippen molar-refractivity contribution in [1.82, 2.24) is 4.90 Å². The Morgan fingerprint density at radius 2 is 2.11 bits per heavy atom. The summed E-state index contributed by atoms with van der Waals surface area (Å²) in [4.78, 5) is 5.78. The number of nitrogens with zero attached hydrogens (tertiary/aromatic N) is 2. The lowest BCUT2D eigenvalue weighted by Gasteiger charge is -2.07. The number of rotatable bonds is 4. The van der Waals surface area contributed by atoms with Crippen molar-refractivity contribution in [3.8, 4) is 0 Å². The molecule has 9 heavy (non-hydrogen) atoms. The quantitative estimate of drug-likeness (QED) is 0.516. The second kappa shape index (κ2) is 4.27. The molecule has 0 atom stereocenters. The van der Waals surface area contributed by atoms with Gasteiger partial charge in [-0.15, -0.1) is 0 Å². The van der Waals surface area contributed by atoms with Crippen LogP contribution in [0.15, 0.2) is 17.3 Å². The molecule has 0 aliphatic carbocycles. The molecule has 0 unspecified atom stereocenters. The molecule has 0 amide bonds. The number of aliphatic imine (C=N–C) groups is 1. The fourth-order valence-electron chi connectivity index (χ4n) is 0.432. The van der Waals surface area contributed by atoms with Crippen molar-refractivity contribution in [3.63, 3.8) is 0 Å². The van der Waals surface area contributed by atoms with E-state index in [1.54, 1.807) is 0 Å². The molecule has 0 aliphatic heterocycles. The lowest BCUT2D eigenvalue weighted by Crippen LogP contribution is -2.12. The average molecular weight is 126 g/mol. The van der Waals surface area contributed by atoms with Gasteiger partial charge in [-0.3, -0.25) is 4.99 Å². The Bertz CT molecular complexity index is 105. The highest BCUT2D eigenvalue weighted by Crippen LogP contribution is 1.97. The fraction of sp³-hybridized carbons (Fsp3) is 0.571. The van der Waals surface area contributed by atoms with Gasteiger partial charge in [-0.25, -0.2) is 0 Å². The Hall–Kier alpha value is -0.630. The third-order valence-electron chi connectivity index (χ3n) is 1.07. The summed E-state index contributed by atoms with van der Waals surface area (Å²) >= 11 is 0. The summed E-state index contributed by atoms with van der Waals surface area (Å²) < 4.78 is 0. The molecule has 0 bridgehead atoms. The molecule has 0 heterocycles. The van der Waals surface area contributed by atoms with E-state index in [9.17, 15) is 0 Å². The third kappa shape index (κ3) is 5.24. The van der Waals surface area contributed by atoms with E-state index in [0.717, 1.165) is 18.7 Å². The maximum Gasteiger partial charge on any atom is 0.0337 e. The lowest BCUT2D eigenvalue weighted by atomic mass is 10.3. The minimum absolute atomic E-state index is 0.865. The molecule has 0 aromatic rings. The molecule has 2 heteroatoms. The van der Waals surface area contributed by atoms with E-state index in [-0.39, 0.29) is 0 Å². The van der Waals surface area contributed by atoms with Crippen molar-refractivity contribution in [1.29, 1.82) is 0 Å². The van der Waals surface area contributed by atoms with Crippen molar-refractivity contribution in [3.05, 3.63) is 12.3 Å². The van der Waals surface area contributed by atoms with Crippen LogP contribution in [0.2, 0.25) is 0 Å². The fourth-order valence-corrected chi connectivity index (χ4v) is 0.432. The van der Waals surface area contributed by atoms with E-state index in [4.69, 9.17) is 0 Å². The monoisotopic (exact) mass is 126 g/mol. The summed E-state index contributed by atoms with van der Waals surface area (Å²) in [5.41, 5.74) is 0.865. The molecule has 0 N–H and O–H groups in total. The van der Waals surface area contributed by atoms with Crippen LogP contribution in [0.5, 0.6) is 0 Å². The summed E-state index contributed by atoms with van der Waals surface area (Å²) in [5.74, 6) is 0. The largest absolute Gasteiger partial charge is 0.309 e. The first-order valence-corrected chi connectivity index (χ1v) is 2.96. The van der Waals surface area contributed by atoms with Gasteiger partial charge in [-0.2, -0.15) is 0 Å². The van der Waals surface area contributed by atoms with Crippen LogP contribution in [0, 0.1) is 0 Å². The number of hydrogen-bond donors (Lipinski definition) is 0. The standard InChI is InChI=1S/C7H14N2/c1-7(8-2)5-6-9(3)4/h1-2,5-6H2,3-4H3. The van der Waals surface area contributed by atoms with Gasteiger partial charge in [0.1, 0.15) is 0 Å². The van der Waals surface area contributed by atoms with E-state index >= 15 is 0 Å². The summed E-state index contributed by atoms with van der Waals surface area (Å²) in [6.07, 6.45) is 0.913. The van der Waals surface area contributed by atoms with Gasteiger partial charge in [0.05, 0.1) is 0 Å². The zero-order chi connectivity index (χ0) is 7.28. The smallest absolute Gasteiger partial charge is 0.0337 e. The van der Waals surface area contributed by atoms with Gasteiger partial charge in [-0.1, -0.05) is 6.58 Å². The molecule has 0 saturated carbocycles. The van der Waals surface area contributed by atoms with Crippen LogP contribution in [0.3, 0.4) is 0 Å². The van der Waals surface area contributed by atoms with E-state index in [1.807, 2.05) is 14.1 Å². The van der Waals surface area contributed by atoms with Crippen molar-refractivity contribution < 1.29 is 0 Å². The predicted octanol–water partition coefficient (Wildman–Crippen LogP) is 1.15. The maximum absolute atomic E-state index is 3.69. The van der Waals surface area contributed by atoms with E-state index in [0.29, 0.717) is 0 Å². The van der Waals surface area contributed by atoms with E-state index in [2.05, 4.69) is 23.2 Å². The Balaban J connectivity index is 3.27. The molecule has 0 saturated heterocycles. The predicted molar refractivity (Wildman–Crippen MR) is 41.9 cm³/mol. The zero-order valence-electron chi connectivity index (χ0n) is 6.22. The van der Waals surface area contributed by atoms with Crippen LogP contribution in [0.1, 0.15) is 6.42 Å². The van der Waals surface area contributed by atoms with Gasteiger partial charge in [0.2, 0.25) is 0 Å². The topological polar surface area (TPSA) is 15.6 Å². The first kappa shape index (κ1) is 8.37. The van der Waals surface area contributed by atoms with E-state index < -0.39 is 0 Å². The molecule has 2 nitrogen and oxygen atoms in total. The second-order valence-electron chi connectivity index (χ2n) is 2.28. The Kier molecular flexibility index (Phi) is 3.97.